The van der Waals surface area contributed by atoms with E-state index >= 15 is 0 Å². The molecule has 124 valence electrons. The van der Waals surface area contributed by atoms with Gasteiger partial charge in [0.2, 0.25) is 0 Å². The van der Waals surface area contributed by atoms with Crippen LogP contribution in [0.4, 0.5) is 0 Å². The second kappa shape index (κ2) is 9.93. The topological polar surface area (TPSA) is 38.0 Å². The number of hydrogen-bond donors (Lipinski definition) is 2. The minimum atomic E-state index is -0.367. The third-order valence-electron chi connectivity index (χ3n) is 3.06. The fourth-order valence-electron chi connectivity index (χ4n) is 1.76. The molecule has 1 unspecified atom stereocenters. The summed E-state index contributed by atoms with van der Waals surface area (Å²) in [7, 11) is 0. The van der Waals surface area contributed by atoms with Gasteiger partial charge in [-0.05, 0) is 43.2 Å². The van der Waals surface area contributed by atoms with E-state index in [1.807, 2.05) is 51.1 Å². The first-order valence-electron chi connectivity index (χ1n) is 7.52. The maximum absolute atomic E-state index is 6.12. The standard InChI is InChI=1S/C16H17ClN2S2.C2H6/c1-10-3-7-13(8-4-10)21-16(20)19-15(18)12-6-5-11(2)14(17)9-12;1-2/h3-9,15H,18H2,1-2H3,(H,19,20);1-2H3. The Kier molecular flexibility index (Phi) is 8.63. The Morgan fingerprint density at radius 2 is 1.74 bits per heavy atom. The number of thioether (sulfide) groups is 1. The molecule has 0 heterocycles. The van der Waals surface area contributed by atoms with Gasteiger partial charge in [0.05, 0.1) is 0 Å². The average molecular weight is 367 g/mol. The predicted molar refractivity (Wildman–Crippen MR) is 107 cm³/mol. The SMILES string of the molecule is CC.Cc1ccc(SC(=S)NC(N)c2ccc(C)c(Cl)c2)cc1. The summed E-state index contributed by atoms with van der Waals surface area (Å²) < 4.78 is 0.642. The largest absolute Gasteiger partial charge is 0.352 e. The Labute approximate surface area is 153 Å². The molecular weight excluding hydrogens is 344 g/mol. The van der Waals surface area contributed by atoms with Crippen molar-refractivity contribution in [3.8, 4) is 0 Å². The second-order valence-corrected chi connectivity index (χ2v) is 6.99. The normalized spacial score (nSPS) is 11.2. The van der Waals surface area contributed by atoms with Gasteiger partial charge in [-0.15, -0.1) is 0 Å². The molecule has 3 N–H and O–H groups in total. The molecule has 0 amide bonds. The van der Waals surface area contributed by atoms with Crippen LogP contribution in [0.3, 0.4) is 0 Å². The Morgan fingerprint density at radius 1 is 1.13 bits per heavy atom. The van der Waals surface area contributed by atoms with Crippen molar-refractivity contribution in [2.75, 3.05) is 0 Å². The maximum atomic E-state index is 6.12. The summed E-state index contributed by atoms with van der Waals surface area (Å²) in [5.41, 5.74) is 9.29. The van der Waals surface area contributed by atoms with Crippen molar-refractivity contribution >= 4 is 39.9 Å². The summed E-state index contributed by atoms with van der Waals surface area (Å²) in [6.07, 6.45) is -0.367. The quantitative estimate of drug-likeness (QED) is 0.420. The van der Waals surface area contributed by atoms with Crippen LogP contribution in [0.2, 0.25) is 5.02 Å². The molecular formula is C18H23ClN2S2. The lowest BCUT2D eigenvalue weighted by Crippen LogP contribution is -2.31. The Morgan fingerprint density at radius 3 is 2.30 bits per heavy atom. The van der Waals surface area contributed by atoms with E-state index in [2.05, 4.69) is 24.4 Å². The van der Waals surface area contributed by atoms with Gasteiger partial charge in [0.15, 0.2) is 0 Å². The van der Waals surface area contributed by atoms with Crippen LogP contribution in [0, 0.1) is 13.8 Å². The Bertz CT molecular complexity index is 642. The summed E-state index contributed by atoms with van der Waals surface area (Å²) in [5, 5.41) is 3.83. The zero-order chi connectivity index (χ0) is 17.4. The molecule has 2 rings (SSSR count). The summed E-state index contributed by atoms with van der Waals surface area (Å²) in [6.45, 7) is 8.02. The summed E-state index contributed by atoms with van der Waals surface area (Å²) >= 11 is 13.0. The second-order valence-electron chi connectivity index (χ2n) is 4.83. The van der Waals surface area contributed by atoms with Crippen LogP contribution in [0.1, 0.15) is 36.7 Å². The number of nitrogens with two attached hydrogens (primary N) is 1. The highest BCUT2D eigenvalue weighted by Gasteiger charge is 2.09. The molecule has 0 bridgehead atoms. The van der Waals surface area contributed by atoms with Crippen LogP contribution in [0.25, 0.3) is 0 Å². The number of hydrogen-bond acceptors (Lipinski definition) is 3. The monoisotopic (exact) mass is 366 g/mol. The third-order valence-corrected chi connectivity index (χ3v) is 4.65. The molecule has 0 aliphatic rings. The summed E-state index contributed by atoms with van der Waals surface area (Å²) in [4.78, 5) is 1.09. The van der Waals surface area contributed by atoms with Crippen LogP contribution in [0.15, 0.2) is 47.4 Å². The minimum Gasteiger partial charge on any atom is -0.352 e. The molecule has 2 nitrogen and oxygen atoms in total. The molecule has 0 aliphatic heterocycles. The van der Waals surface area contributed by atoms with Crippen molar-refractivity contribution in [2.45, 2.75) is 38.8 Å². The molecule has 0 aliphatic carbocycles. The van der Waals surface area contributed by atoms with E-state index in [-0.39, 0.29) is 6.17 Å². The molecule has 0 saturated carbocycles. The van der Waals surface area contributed by atoms with Crippen LogP contribution in [-0.4, -0.2) is 4.32 Å². The van der Waals surface area contributed by atoms with Gasteiger partial charge in [-0.3, -0.25) is 0 Å². The van der Waals surface area contributed by atoms with Crippen molar-refractivity contribution in [2.24, 2.45) is 5.73 Å². The molecule has 2 aromatic rings. The first-order chi connectivity index (χ1) is 11.0. The van der Waals surface area contributed by atoms with Crippen molar-refractivity contribution < 1.29 is 0 Å². The average Bonchev–Trinajstić information content (AvgIpc) is 2.54. The van der Waals surface area contributed by atoms with E-state index in [0.29, 0.717) is 9.34 Å². The highest BCUT2D eigenvalue weighted by Crippen LogP contribution is 2.22. The fourth-order valence-corrected chi connectivity index (χ4v) is 3.03. The van der Waals surface area contributed by atoms with Gasteiger partial charge < -0.3 is 11.1 Å². The Hall–Kier alpha value is -1.07. The number of benzene rings is 2. The molecule has 5 heteroatoms. The minimum absolute atomic E-state index is 0.367. The zero-order valence-electron chi connectivity index (χ0n) is 13.9. The van der Waals surface area contributed by atoms with E-state index in [4.69, 9.17) is 29.6 Å². The van der Waals surface area contributed by atoms with Gasteiger partial charge in [0.25, 0.3) is 0 Å². The molecule has 0 fully saturated rings. The first kappa shape index (κ1) is 20.0. The lowest BCUT2D eigenvalue weighted by Gasteiger charge is -2.16. The summed E-state index contributed by atoms with van der Waals surface area (Å²) in [6, 6.07) is 14.0. The van der Waals surface area contributed by atoms with Crippen molar-refractivity contribution in [1.29, 1.82) is 0 Å². The molecule has 0 saturated heterocycles. The van der Waals surface area contributed by atoms with Crippen LogP contribution >= 0.6 is 35.6 Å². The lowest BCUT2D eigenvalue weighted by molar-refractivity contribution is 0.693. The summed E-state index contributed by atoms with van der Waals surface area (Å²) in [5.74, 6) is 0. The number of halogens is 1. The molecule has 1 atom stereocenters. The lowest BCUT2D eigenvalue weighted by atomic mass is 10.1. The van der Waals surface area contributed by atoms with Crippen molar-refractivity contribution in [3.63, 3.8) is 0 Å². The number of thiocarbonyl (C=S) groups is 1. The molecule has 0 radical (unpaired) electrons. The smallest absolute Gasteiger partial charge is 0.140 e. The van der Waals surface area contributed by atoms with Gasteiger partial charge in [-0.25, -0.2) is 0 Å². The fraction of sp³-hybridized carbons (Fsp3) is 0.278. The van der Waals surface area contributed by atoms with Crippen molar-refractivity contribution in [3.05, 3.63) is 64.2 Å². The van der Waals surface area contributed by atoms with E-state index in [1.165, 1.54) is 17.3 Å². The Balaban J connectivity index is 0.00000127. The van der Waals surface area contributed by atoms with E-state index in [0.717, 1.165) is 16.0 Å². The molecule has 0 spiro atoms. The number of aryl methyl sites for hydroxylation is 2. The predicted octanol–water partition coefficient (Wildman–Crippen LogP) is 5.61. The van der Waals surface area contributed by atoms with Crippen LogP contribution in [-0.2, 0) is 0 Å². The van der Waals surface area contributed by atoms with E-state index < -0.39 is 0 Å². The third kappa shape index (κ3) is 6.51. The number of rotatable bonds is 3. The zero-order valence-corrected chi connectivity index (χ0v) is 16.3. The van der Waals surface area contributed by atoms with Crippen molar-refractivity contribution in [1.82, 2.24) is 5.32 Å². The van der Waals surface area contributed by atoms with Gasteiger partial charge in [-0.1, -0.05) is 79.3 Å². The van der Waals surface area contributed by atoms with Gasteiger partial charge in [0.1, 0.15) is 10.5 Å². The van der Waals surface area contributed by atoms with Crippen LogP contribution < -0.4 is 11.1 Å². The first-order valence-corrected chi connectivity index (χ1v) is 9.12. The van der Waals surface area contributed by atoms with Gasteiger partial charge in [0, 0.05) is 9.92 Å². The molecule has 0 aromatic heterocycles. The maximum Gasteiger partial charge on any atom is 0.140 e. The van der Waals surface area contributed by atoms with Gasteiger partial charge in [-0.2, -0.15) is 0 Å². The highest BCUT2D eigenvalue weighted by molar-refractivity contribution is 8.23. The van der Waals surface area contributed by atoms with Gasteiger partial charge >= 0.3 is 0 Å². The molecule has 23 heavy (non-hydrogen) atoms. The van der Waals surface area contributed by atoms with Crippen LogP contribution in [0.5, 0.6) is 0 Å². The highest BCUT2D eigenvalue weighted by atomic mass is 35.5. The number of nitrogens with one attached hydrogen (secondary N) is 1. The van der Waals surface area contributed by atoms with E-state index in [9.17, 15) is 0 Å². The molecule has 2 aromatic carbocycles. The van der Waals surface area contributed by atoms with E-state index in [1.54, 1.807) is 0 Å².